The number of hydrogen-bond donors (Lipinski definition) is 1. The van der Waals surface area contributed by atoms with Crippen molar-refractivity contribution in [2.24, 2.45) is 5.92 Å². The maximum absolute atomic E-state index is 3.60. The van der Waals surface area contributed by atoms with Gasteiger partial charge in [-0.2, -0.15) is 0 Å². The third kappa shape index (κ3) is 3.56. The first-order valence-electron chi connectivity index (χ1n) is 7.72. The molecule has 0 aliphatic heterocycles. The highest BCUT2D eigenvalue weighted by Gasteiger charge is 2.24. The third-order valence-electron chi connectivity index (χ3n) is 4.80. The smallest absolute Gasteiger partial charge is 0.0415 e. The van der Waals surface area contributed by atoms with E-state index in [-0.39, 0.29) is 0 Å². The van der Waals surface area contributed by atoms with E-state index in [0.29, 0.717) is 12.1 Å². The van der Waals surface area contributed by atoms with Gasteiger partial charge in [0.25, 0.3) is 0 Å². The summed E-state index contributed by atoms with van der Waals surface area (Å²) in [4.78, 5) is 2.50. The van der Waals surface area contributed by atoms with E-state index in [1.807, 2.05) is 7.05 Å². The summed E-state index contributed by atoms with van der Waals surface area (Å²) in [6.07, 6.45) is 5.37. The van der Waals surface area contributed by atoms with Crippen molar-refractivity contribution in [3.8, 4) is 0 Å². The van der Waals surface area contributed by atoms with Crippen molar-refractivity contribution in [2.75, 3.05) is 19.0 Å². The quantitative estimate of drug-likeness (QED) is 0.852. The van der Waals surface area contributed by atoms with Crippen molar-refractivity contribution in [3.05, 3.63) is 28.2 Å². The summed E-state index contributed by atoms with van der Waals surface area (Å²) in [5, 5.41) is 3.37. The largest absolute Gasteiger partial charge is 0.371 e. The molecule has 0 heterocycles. The number of rotatable bonds is 4. The van der Waals surface area contributed by atoms with Gasteiger partial charge in [0.05, 0.1) is 0 Å². The Balaban J connectivity index is 2.22. The SMILES string of the molecule is CNC(C)c1cc(Br)ccc1N(C)C1CCC(C)CC1. The van der Waals surface area contributed by atoms with Gasteiger partial charge < -0.3 is 10.2 Å². The van der Waals surface area contributed by atoms with Crippen LogP contribution in [-0.2, 0) is 0 Å². The first-order valence-corrected chi connectivity index (χ1v) is 8.51. The minimum atomic E-state index is 0.368. The van der Waals surface area contributed by atoms with Crippen LogP contribution in [0, 0.1) is 5.92 Å². The van der Waals surface area contributed by atoms with Gasteiger partial charge in [0.1, 0.15) is 0 Å². The van der Waals surface area contributed by atoms with Crippen LogP contribution in [0.25, 0.3) is 0 Å². The summed E-state index contributed by atoms with van der Waals surface area (Å²) in [5.74, 6) is 0.903. The van der Waals surface area contributed by atoms with Crippen LogP contribution < -0.4 is 10.2 Å². The van der Waals surface area contributed by atoms with Crippen molar-refractivity contribution in [3.63, 3.8) is 0 Å². The van der Waals surface area contributed by atoms with Gasteiger partial charge in [0.2, 0.25) is 0 Å². The van der Waals surface area contributed by atoms with Gasteiger partial charge in [-0.05, 0) is 69.3 Å². The monoisotopic (exact) mass is 338 g/mol. The zero-order chi connectivity index (χ0) is 14.7. The van der Waals surface area contributed by atoms with Gasteiger partial charge in [-0.1, -0.05) is 22.9 Å². The number of hydrogen-bond acceptors (Lipinski definition) is 2. The zero-order valence-electron chi connectivity index (χ0n) is 13.1. The average Bonchev–Trinajstić information content (AvgIpc) is 2.46. The molecule has 1 aromatic carbocycles. The summed E-state index contributed by atoms with van der Waals surface area (Å²) < 4.78 is 1.16. The lowest BCUT2D eigenvalue weighted by atomic mass is 9.86. The van der Waals surface area contributed by atoms with Crippen LogP contribution >= 0.6 is 15.9 Å². The molecule has 1 fully saturated rings. The van der Waals surface area contributed by atoms with E-state index in [2.05, 4.69) is 65.2 Å². The second-order valence-electron chi connectivity index (χ2n) is 6.24. The lowest BCUT2D eigenvalue weighted by molar-refractivity contribution is 0.340. The number of anilines is 1. The van der Waals surface area contributed by atoms with Crippen LogP contribution in [-0.4, -0.2) is 20.1 Å². The highest BCUT2D eigenvalue weighted by Crippen LogP contribution is 2.34. The van der Waals surface area contributed by atoms with Crippen molar-refractivity contribution in [2.45, 2.75) is 51.6 Å². The minimum absolute atomic E-state index is 0.368. The van der Waals surface area contributed by atoms with Crippen LogP contribution in [0.4, 0.5) is 5.69 Å². The van der Waals surface area contributed by atoms with E-state index in [9.17, 15) is 0 Å². The molecule has 1 saturated carbocycles. The van der Waals surface area contributed by atoms with Gasteiger partial charge in [0, 0.05) is 29.3 Å². The molecule has 0 radical (unpaired) electrons. The Morgan fingerprint density at radius 1 is 1.25 bits per heavy atom. The van der Waals surface area contributed by atoms with E-state index in [1.54, 1.807) is 0 Å². The van der Waals surface area contributed by atoms with Crippen molar-refractivity contribution < 1.29 is 0 Å². The van der Waals surface area contributed by atoms with E-state index >= 15 is 0 Å². The molecule has 1 N–H and O–H groups in total. The third-order valence-corrected chi connectivity index (χ3v) is 5.30. The first kappa shape index (κ1) is 15.8. The molecule has 0 saturated heterocycles. The molecule has 112 valence electrons. The van der Waals surface area contributed by atoms with Crippen molar-refractivity contribution in [1.82, 2.24) is 5.32 Å². The van der Waals surface area contributed by atoms with E-state index < -0.39 is 0 Å². The van der Waals surface area contributed by atoms with E-state index in [0.717, 1.165) is 10.4 Å². The highest BCUT2D eigenvalue weighted by molar-refractivity contribution is 9.10. The van der Waals surface area contributed by atoms with Crippen molar-refractivity contribution in [1.29, 1.82) is 0 Å². The molecule has 1 aromatic rings. The first-order chi connectivity index (χ1) is 9.52. The Bertz CT molecular complexity index is 439. The van der Waals surface area contributed by atoms with Crippen molar-refractivity contribution >= 4 is 21.6 Å². The predicted octanol–water partition coefficient (Wildman–Crippen LogP) is 4.74. The Kier molecular flexibility index (Phi) is 5.50. The lowest BCUT2D eigenvalue weighted by Gasteiger charge is -2.36. The van der Waals surface area contributed by atoms with Crippen LogP contribution in [0.1, 0.15) is 51.1 Å². The molecule has 1 aliphatic rings. The van der Waals surface area contributed by atoms with Gasteiger partial charge in [-0.3, -0.25) is 0 Å². The number of nitrogens with zero attached hydrogens (tertiary/aromatic N) is 1. The molecule has 0 amide bonds. The second kappa shape index (κ2) is 6.95. The summed E-state index contributed by atoms with van der Waals surface area (Å²) >= 11 is 3.60. The molecule has 2 nitrogen and oxygen atoms in total. The molecule has 0 bridgehead atoms. The van der Waals surface area contributed by atoms with Crippen LogP contribution in [0.3, 0.4) is 0 Å². The van der Waals surface area contributed by atoms with Crippen LogP contribution in [0.15, 0.2) is 22.7 Å². The normalized spacial score (nSPS) is 24.4. The highest BCUT2D eigenvalue weighted by atomic mass is 79.9. The summed E-state index contributed by atoms with van der Waals surface area (Å²) in [6.45, 7) is 4.60. The topological polar surface area (TPSA) is 15.3 Å². The Morgan fingerprint density at radius 3 is 2.50 bits per heavy atom. The minimum Gasteiger partial charge on any atom is -0.371 e. The zero-order valence-corrected chi connectivity index (χ0v) is 14.7. The average molecular weight is 339 g/mol. The maximum Gasteiger partial charge on any atom is 0.0415 e. The number of nitrogens with one attached hydrogen (secondary N) is 1. The molecular weight excluding hydrogens is 312 g/mol. The molecule has 0 aromatic heterocycles. The van der Waals surface area contributed by atoms with Gasteiger partial charge in [-0.25, -0.2) is 0 Å². The summed E-state index contributed by atoms with van der Waals surface area (Å²) in [7, 11) is 4.29. The number of benzene rings is 1. The molecular formula is C17H27BrN2. The van der Waals surface area contributed by atoms with E-state index in [1.165, 1.54) is 36.9 Å². The van der Waals surface area contributed by atoms with Gasteiger partial charge in [-0.15, -0.1) is 0 Å². The lowest BCUT2D eigenvalue weighted by Crippen LogP contribution is -2.35. The second-order valence-corrected chi connectivity index (χ2v) is 7.15. The fourth-order valence-electron chi connectivity index (χ4n) is 3.18. The Labute approximate surface area is 132 Å². The fraction of sp³-hybridized carbons (Fsp3) is 0.647. The molecule has 1 atom stereocenters. The Hall–Kier alpha value is -0.540. The van der Waals surface area contributed by atoms with Crippen LogP contribution in [0.5, 0.6) is 0 Å². The molecule has 1 aliphatic carbocycles. The molecule has 3 heteroatoms. The number of halogens is 1. The molecule has 20 heavy (non-hydrogen) atoms. The fourth-order valence-corrected chi connectivity index (χ4v) is 3.55. The summed E-state index contributed by atoms with van der Waals surface area (Å²) in [5.41, 5.74) is 2.75. The maximum atomic E-state index is 3.60. The van der Waals surface area contributed by atoms with Gasteiger partial charge in [0.15, 0.2) is 0 Å². The van der Waals surface area contributed by atoms with E-state index in [4.69, 9.17) is 0 Å². The standard InChI is InChI=1S/C17H27BrN2/c1-12-5-8-15(9-6-12)20(4)17-10-7-14(18)11-16(17)13(2)19-3/h7,10-13,15,19H,5-6,8-9H2,1-4H3. The van der Waals surface area contributed by atoms with Gasteiger partial charge >= 0.3 is 0 Å². The molecule has 0 spiro atoms. The predicted molar refractivity (Wildman–Crippen MR) is 91.4 cm³/mol. The summed E-state index contributed by atoms with van der Waals surface area (Å²) in [6, 6.07) is 7.72. The Morgan fingerprint density at radius 2 is 1.90 bits per heavy atom. The van der Waals surface area contributed by atoms with Crippen LogP contribution in [0.2, 0.25) is 0 Å². The molecule has 2 rings (SSSR count). The molecule has 1 unspecified atom stereocenters.